The van der Waals surface area contributed by atoms with Crippen LogP contribution in [0.2, 0.25) is 0 Å². The van der Waals surface area contributed by atoms with Crippen molar-refractivity contribution in [2.45, 2.75) is 24.9 Å². The molecular weight excluding hydrogens is 242 g/mol. The molecule has 1 aromatic carbocycles. The highest BCUT2D eigenvalue weighted by atomic mass is 16.3. The van der Waals surface area contributed by atoms with Crippen LogP contribution in [-0.4, -0.2) is 35.4 Å². The zero-order valence-corrected chi connectivity index (χ0v) is 10.7. The first kappa shape index (κ1) is 12.6. The van der Waals surface area contributed by atoms with Gasteiger partial charge in [-0.15, -0.1) is 0 Å². The number of aliphatic hydroxyl groups excluding tert-OH is 2. The summed E-state index contributed by atoms with van der Waals surface area (Å²) in [6, 6.07) is 8.36. The van der Waals surface area contributed by atoms with Gasteiger partial charge in [0.2, 0.25) is 5.91 Å². The minimum atomic E-state index is -0.864. The van der Waals surface area contributed by atoms with Crippen molar-refractivity contribution in [2.75, 3.05) is 13.2 Å². The molecule has 0 spiro atoms. The van der Waals surface area contributed by atoms with E-state index < -0.39 is 6.10 Å². The summed E-state index contributed by atoms with van der Waals surface area (Å²) in [5.41, 5.74) is 2.69. The van der Waals surface area contributed by atoms with Crippen molar-refractivity contribution < 1.29 is 15.0 Å². The molecule has 3 N–H and O–H groups in total. The number of carbonyl (C=O) groups excluding carboxylic acids is 1. The van der Waals surface area contributed by atoms with Gasteiger partial charge in [-0.25, -0.2) is 0 Å². The third kappa shape index (κ3) is 2.26. The molecule has 0 bridgehead atoms. The number of benzene rings is 1. The molecule has 2 aliphatic carbocycles. The third-order valence-electron chi connectivity index (χ3n) is 4.36. The molecule has 4 atom stereocenters. The van der Waals surface area contributed by atoms with Crippen molar-refractivity contribution in [1.29, 1.82) is 0 Å². The van der Waals surface area contributed by atoms with E-state index in [4.69, 9.17) is 5.11 Å². The fraction of sp³-hybridized carbons (Fsp3) is 0.533. The lowest BCUT2D eigenvalue weighted by atomic mass is 9.92. The average molecular weight is 261 g/mol. The molecule has 1 amide bonds. The van der Waals surface area contributed by atoms with E-state index in [9.17, 15) is 9.90 Å². The van der Waals surface area contributed by atoms with Crippen LogP contribution in [0.15, 0.2) is 24.3 Å². The Hall–Kier alpha value is -1.39. The topological polar surface area (TPSA) is 69.6 Å². The lowest BCUT2D eigenvalue weighted by molar-refractivity contribution is -0.123. The normalized spacial score (nSPS) is 29.1. The van der Waals surface area contributed by atoms with Gasteiger partial charge in [0, 0.05) is 12.5 Å². The minimum Gasteiger partial charge on any atom is -0.394 e. The van der Waals surface area contributed by atoms with Crippen molar-refractivity contribution in [1.82, 2.24) is 5.32 Å². The summed E-state index contributed by atoms with van der Waals surface area (Å²) in [5.74, 6) is 0.881. The van der Waals surface area contributed by atoms with Crippen LogP contribution < -0.4 is 5.32 Å². The van der Waals surface area contributed by atoms with E-state index >= 15 is 0 Å². The second kappa shape index (κ2) is 4.94. The summed E-state index contributed by atoms with van der Waals surface area (Å²) in [6.45, 7) is -0.187. The zero-order valence-electron chi connectivity index (χ0n) is 10.7. The monoisotopic (exact) mass is 261 g/mol. The van der Waals surface area contributed by atoms with Gasteiger partial charge in [0.1, 0.15) is 0 Å². The maximum absolute atomic E-state index is 12.1. The zero-order chi connectivity index (χ0) is 13.4. The molecule has 4 unspecified atom stereocenters. The van der Waals surface area contributed by atoms with Crippen LogP contribution in [0.25, 0.3) is 0 Å². The minimum absolute atomic E-state index is 0.0132. The number of amides is 1. The van der Waals surface area contributed by atoms with Crippen molar-refractivity contribution in [2.24, 2.45) is 11.8 Å². The lowest BCUT2D eigenvalue weighted by Gasteiger charge is -2.13. The second-order valence-electron chi connectivity index (χ2n) is 5.53. The molecule has 4 nitrogen and oxygen atoms in total. The van der Waals surface area contributed by atoms with Crippen LogP contribution in [0.3, 0.4) is 0 Å². The Kier molecular flexibility index (Phi) is 3.29. The maximum Gasteiger partial charge on any atom is 0.224 e. The Morgan fingerprint density at radius 2 is 2.21 bits per heavy atom. The fourth-order valence-electron chi connectivity index (χ4n) is 3.32. The first-order valence-electron chi connectivity index (χ1n) is 6.87. The van der Waals surface area contributed by atoms with Crippen LogP contribution in [0, 0.1) is 11.8 Å². The lowest BCUT2D eigenvalue weighted by Crippen LogP contribution is -2.35. The van der Waals surface area contributed by atoms with Crippen LogP contribution in [0.1, 0.15) is 23.5 Å². The van der Waals surface area contributed by atoms with Gasteiger partial charge in [0.15, 0.2) is 0 Å². The Morgan fingerprint density at radius 1 is 1.42 bits per heavy atom. The molecule has 0 saturated heterocycles. The molecule has 19 heavy (non-hydrogen) atoms. The predicted molar refractivity (Wildman–Crippen MR) is 70.6 cm³/mol. The van der Waals surface area contributed by atoms with Crippen molar-refractivity contribution in [3.63, 3.8) is 0 Å². The summed E-state index contributed by atoms with van der Waals surface area (Å²) in [6.07, 6.45) is 1.26. The van der Waals surface area contributed by atoms with Gasteiger partial charge in [-0.1, -0.05) is 24.3 Å². The van der Waals surface area contributed by atoms with Crippen LogP contribution in [0.4, 0.5) is 0 Å². The second-order valence-corrected chi connectivity index (χ2v) is 5.53. The summed E-state index contributed by atoms with van der Waals surface area (Å²) < 4.78 is 0. The number of carbonyl (C=O) groups is 1. The molecule has 4 heteroatoms. The standard InChI is InChI=1S/C15H19NO3/c17-8-10(18)7-16-15(19)14-12-6-5-9-3-1-2-4-11(9)13(12)14/h1-4,10,12-14,17-18H,5-8H2,(H,16,19). The number of rotatable bonds is 4. The van der Waals surface area contributed by atoms with E-state index in [1.165, 1.54) is 11.1 Å². The number of fused-ring (bicyclic) bond motifs is 3. The van der Waals surface area contributed by atoms with E-state index in [0.29, 0.717) is 11.8 Å². The number of hydrogen-bond donors (Lipinski definition) is 3. The number of nitrogens with one attached hydrogen (secondary N) is 1. The third-order valence-corrected chi connectivity index (χ3v) is 4.36. The molecule has 0 heterocycles. The number of aliphatic hydroxyl groups is 2. The molecule has 1 fully saturated rings. The maximum atomic E-state index is 12.1. The Morgan fingerprint density at radius 3 is 3.00 bits per heavy atom. The molecule has 0 radical (unpaired) electrons. The molecule has 3 rings (SSSR count). The van der Waals surface area contributed by atoms with Crippen LogP contribution in [-0.2, 0) is 11.2 Å². The van der Waals surface area contributed by atoms with Gasteiger partial charge < -0.3 is 15.5 Å². The van der Waals surface area contributed by atoms with Gasteiger partial charge >= 0.3 is 0 Å². The predicted octanol–water partition coefficient (Wildman–Crippen LogP) is 0.432. The fourth-order valence-corrected chi connectivity index (χ4v) is 3.32. The van der Waals surface area contributed by atoms with E-state index in [-0.39, 0.29) is 25.0 Å². The van der Waals surface area contributed by atoms with Gasteiger partial charge in [-0.2, -0.15) is 0 Å². The van der Waals surface area contributed by atoms with Gasteiger partial charge in [0.25, 0.3) is 0 Å². The van der Waals surface area contributed by atoms with Crippen LogP contribution in [0.5, 0.6) is 0 Å². The Labute approximate surface area is 112 Å². The summed E-state index contributed by atoms with van der Waals surface area (Å²) in [4.78, 5) is 12.1. The molecule has 0 aromatic heterocycles. The smallest absolute Gasteiger partial charge is 0.224 e. The van der Waals surface area contributed by atoms with Crippen molar-refractivity contribution >= 4 is 5.91 Å². The van der Waals surface area contributed by atoms with Crippen molar-refractivity contribution in [3.8, 4) is 0 Å². The Balaban J connectivity index is 1.65. The van der Waals surface area contributed by atoms with Gasteiger partial charge in [0.05, 0.1) is 12.7 Å². The summed E-state index contributed by atoms with van der Waals surface area (Å²) >= 11 is 0. The first-order chi connectivity index (χ1) is 9.22. The van der Waals surface area contributed by atoms with Crippen molar-refractivity contribution in [3.05, 3.63) is 35.4 Å². The highest BCUT2D eigenvalue weighted by Crippen LogP contribution is 2.59. The highest BCUT2D eigenvalue weighted by Gasteiger charge is 2.56. The number of aryl methyl sites for hydroxylation is 1. The van der Waals surface area contributed by atoms with E-state index in [2.05, 4.69) is 17.4 Å². The largest absolute Gasteiger partial charge is 0.394 e. The summed E-state index contributed by atoms with van der Waals surface area (Å²) in [5, 5.41) is 20.7. The number of hydrogen-bond acceptors (Lipinski definition) is 3. The first-order valence-corrected chi connectivity index (χ1v) is 6.87. The van der Waals surface area contributed by atoms with E-state index in [0.717, 1.165) is 12.8 Å². The Bertz CT molecular complexity index is 488. The van der Waals surface area contributed by atoms with E-state index in [1.54, 1.807) is 0 Å². The van der Waals surface area contributed by atoms with Crippen LogP contribution >= 0.6 is 0 Å². The SMILES string of the molecule is O=C(NCC(O)CO)C1C2CCc3ccccc3C21. The van der Waals surface area contributed by atoms with Gasteiger partial charge in [-0.3, -0.25) is 4.79 Å². The van der Waals surface area contributed by atoms with E-state index in [1.807, 2.05) is 12.1 Å². The van der Waals surface area contributed by atoms with Gasteiger partial charge in [-0.05, 0) is 35.8 Å². The average Bonchev–Trinajstić information content (AvgIpc) is 3.19. The molecule has 2 aliphatic rings. The molecule has 1 saturated carbocycles. The molecule has 0 aliphatic heterocycles. The highest BCUT2D eigenvalue weighted by molar-refractivity contribution is 5.84. The molecule has 1 aromatic rings. The summed E-state index contributed by atoms with van der Waals surface area (Å²) in [7, 11) is 0. The molecule has 102 valence electrons. The molecular formula is C15H19NO3. The quantitative estimate of drug-likeness (QED) is 0.736.